The van der Waals surface area contributed by atoms with Crippen molar-refractivity contribution < 1.29 is 5.11 Å². The predicted molar refractivity (Wildman–Crippen MR) is 113 cm³/mol. The third kappa shape index (κ3) is 3.92. The average molecular weight is 360 g/mol. The van der Waals surface area contributed by atoms with Crippen LogP contribution >= 0.6 is 0 Å². The molecule has 0 spiro atoms. The molecule has 0 aliphatic heterocycles. The van der Waals surface area contributed by atoms with Gasteiger partial charge in [-0.2, -0.15) is 0 Å². The number of hydrogen-bond acceptors (Lipinski definition) is 2. The number of rotatable bonds is 6. The minimum absolute atomic E-state index is 0.223. The van der Waals surface area contributed by atoms with E-state index >= 15 is 0 Å². The molecule has 2 atom stereocenters. The molecular weight excluding hydrogens is 330 g/mol. The molecule has 2 heteroatoms. The van der Waals surface area contributed by atoms with Gasteiger partial charge in [0.05, 0.1) is 6.10 Å². The molecule has 0 saturated heterocycles. The van der Waals surface area contributed by atoms with Crippen LogP contribution in [0.1, 0.15) is 42.6 Å². The molecule has 1 aliphatic carbocycles. The molecule has 0 saturated carbocycles. The fraction of sp³-hybridized carbons (Fsp3) is 0.360. The van der Waals surface area contributed by atoms with E-state index in [1.807, 2.05) is 6.07 Å². The van der Waals surface area contributed by atoms with Crippen LogP contribution in [0, 0.1) is 0 Å². The minimum Gasteiger partial charge on any atom is -0.387 e. The molecule has 0 fully saturated rings. The Bertz CT molecular complexity index is 903. The summed E-state index contributed by atoms with van der Waals surface area (Å²) in [4.78, 5) is 2.51. The molecule has 2 nitrogen and oxygen atoms in total. The van der Waals surface area contributed by atoms with Gasteiger partial charge in [0.15, 0.2) is 0 Å². The zero-order chi connectivity index (χ0) is 18.6. The second-order valence-corrected chi connectivity index (χ2v) is 7.72. The van der Waals surface area contributed by atoms with E-state index in [0.29, 0.717) is 0 Å². The van der Waals surface area contributed by atoms with Crippen LogP contribution in [0.15, 0.2) is 66.7 Å². The zero-order valence-corrected chi connectivity index (χ0v) is 16.1. The van der Waals surface area contributed by atoms with Crippen molar-refractivity contribution in [1.29, 1.82) is 0 Å². The average Bonchev–Trinajstić information content (AvgIpc) is 2.72. The van der Waals surface area contributed by atoms with Crippen molar-refractivity contribution in [3.05, 3.63) is 83.4 Å². The Morgan fingerprint density at radius 2 is 1.70 bits per heavy atom. The maximum absolute atomic E-state index is 11.0. The van der Waals surface area contributed by atoms with Crippen molar-refractivity contribution in [2.75, 3.05) is 13.1 Å². The van der Waals surface area contributed by atoms with Crippen molar-refractivity contribution in [3.63, 3.8) is 0 Å². The third-order valence-electron chi connectivity index (χ3n) is 5.93. The van der Waals surface area contributed by atoms with E-state index in [9.17, 15) is 5.11 Å². The number of aryl methyl sites for hydroxylation is 1. The highest BCUT2D eigenvalue weighted by molar-refractivity contribution is 5.82. The number of hydrogen-bond donors (Lipinski definition) is 1. The Balaban J connectivity index is 1.49. The first kappa shape index (κ1) is 18.2. The lowest BCUT2D eigenvalue weighted by atomic mass is 9.85. The second kappa shape index (κ2) is 8.24. The normalized spacial score (nSPS) is 19.4. The summed E-state index contributed by atoms with van der Waals surface area (Å²) in [7, 11) is 0. The highest BCUT2D eigenvalue weighted by Gasteiger charge is 2.31. The van der Waals surface area contributed by atoms with E-state index in [1.54, 1.807) is 0 Å². The molecule has 3 aromatic carbocycles. The Morgan fingerprint density at radius 3 is 2.56 bits per heavy atom. The zero-order valence-electron chi connectivity index (χ0n) is 16.1. The topological polar surface area (TPSA) is 23.5 Å². The summed E-state index contributed by atoms with van der Waals surface area (Å²) >= 11 is 0. The summed E-state index contributed by atoms with van der Waals surface area (Å²) < 4.78 is 0. The van der Waals surface area contributed by atoms with E-state index in [0.717, 1.165) is 44.3 Å². The van der Waals surface area contributed by atoms with Gasteiger partial charge in [0.2, 0.25) is 0 Å². The molecule has 0 radical (unpaired) electrons. The standard InChI is InChI=1S/C25H29NO/c1-2-16-26(24-14-13-21-8-5-6-10-23(21)25(24)27)17-15-19-11-12-20-7-3-4-9-22(20)18-19/h3-12,18,24-25,27H,2,13-17H2,1H3. The molecule has 2 unspecified atom stereocenters. The monoisotopic (exact) mass is 359 g/mol. The highest BCUT2D eigenvalue weighted by Crippen LogP contribution is 2.33. The van der Waals surface area contributed by atoms with Crippen LogP contribution in [-0.2, 0) is 12.8 Å². The van der Waals surface area contributed by atoms with Crippen molar-refractivity contribution in [1.82, 2.24) is 4.90 Å². The molecule has 27 heavy (non-hydrogen) atoms. The Kier molecular flexibility index (Phi) is 5.56. The van der Waals surface area contributed by atoms with E-state index in [1.165, 1.54) is 21.9 Å². The Hall–Kier alpha value is -2.16. The lowest BCUT2D eigenvalue weighted by molar-refractivity contribution is 0.0363. The van der Waals surface area contributed by atoms with E-state index in [-0.39, 0.29) is 12.1 Å². The summed E-state index contributed by atoms with van der Waals surface area (Å²) in [6, 6.07) is 23.9. The van der Waals surface area contributed by atoms with Gasteiger partial charge in [-0.25, -0.2) is 0 Å². The summed E-state index contributed by atoms with van der Waals surface area (Å²) in [5.41, 5.74) is 3.81. The molecule has 0 aromatic heterocycles. The maximum Gasteiger partial charge on any atom is 0.0947 e. The van der Waals surface area contributed by atoms with Gasteiger partial charge in [-0.3, -0.25) is 4.90 Å². The van der Waals surface area contributed by atoms with Crippen molar-refractivity contribution >= 4 is 10.8 Å². The fourth-order valence-electron chi connectivity index (χ4n) is 4.50. The molecule has 3 aromatic rings. The number of aliphatic hydroxyl groups is 1. The quantitative estimate of drug-likeness (QED) is 0.658. The molecule has 1 aliphatic rings. The number of nitrogens with zero attached hydrogens (tertiary/aromatic N) is 1. The van der Waals surface area contributed by atoms with Crippen LogP contribution in [-0.4, -0.2) is 29.1 Å². The molecule has 1 N–H and O–H groups in total. The lowest BCUT2D eigenvalue weighted by Gasteiger charge is -2.38. The first-order valence-electron chi connectivity index (χ1n) is 10.2. The van der Waals surface area contributed by atoms with E-state index in [4.69, 9.17) is 0 Å². The van der Waals surface area contributed by atoms with Gasteiger partial charge in [0, 0.05) is 12.6 Å². The SMILES string of the molecule is CCCN(CCc1ccc2ccccc2c1)C1CCc2ccccc2C1O. The van der Waals surface area contributed by atoms with Crippen LogP contribution in [0.3, 0.4) is 0 Å². The molecular formula is C25H29NO. The van der Waals surface area contributed by atoms with Gasteiger partial charge >= 0.3 is 0 Å². The predicted octanol–water partition coefficient (Wildman–Crippen LogP) is 5.14. The Labute approximate surface area is 162 Å². The first-order chi connectivity index (χ1) is 13.3. The third-order valence-corrected chi connectivity index (χ3v) is 5.93. The molecule has 140 valence electrons. The first-order valence-corrected chi connectivity index (χ1v) is 10.2. The number of fused-ring (bicyclic) bond motifs is 2. The van der Waals surface area contributed by atoms with Gasteiger partial charge in [0.25, 0.3) is 0 Å². The molecule has 4 rings (SSSR count). The van der Waals surface area contributed by atoms with Gasteiger partial charge in [-0.1, -0.05) is 73.7 Å². The van der Waals surface area contributed by atoms with E-state index in [2.05, 4.69) is 72.5 Å². The summed E-state index contributed by atoms with van der Waals surface area (Å²) in [6.07, 6.45) is 3.86. The molecule has 0 heterocycles. The van der Waals surface area contributed by atoms with Crippen LogP contribution in [0.2, 0.25) is 0 Å². The highest BCUT2D eigenvalue weighted by atomic mass is 16.3. The lowest BCUT2D eigenvalue weighted by Crippen LogP contribution is -2.43. The smallest absolute Gasteiger partial charge is 0.0947 e. The van der Waals surface area contributed by atoms with Crippen LogP contribution in [0.25, 0.3) is 10.8 Å². The van der Waals surface area contributed by atoms with Crippen molar-refractivity contribution in [2.24, 2.45) is 0 Å². The van der Waals surface area contributed by atoms with Gasteiger partial charge in [-0.05, 0) is 59.7 Å². The molecule has 0 bridgehead atoms. The fourth-order valence-corrected chi connectivity index (χ4v) is 4.50. The summed E-state index contributed by atoms with van der Waals surface area (Å²) in [5, 5.41) is 13.6. The van der Waals surface area contributed by atoms with Crippen molar-refractivity contribution in [3.8, 4) is 0 Å². The molecule has 0 amide bonds. The maximum atomic E-state index is 11.0. The van der Waals surface area contributed by atoms with Crippen LogP contribution < -0.4 is 0 Å². The Morgan fingerprint density at radius 1 is 0.926 bits per heavy atom. The number of aliphatic hydroxyl groups excluding tert-OH is 1. The van der Waals surface area contributed by atoms with Crippen LogP contribution in [0.5, 0.6) is 0 Å². The summed E-state index contributed by atoms with van der Waals surface area (Å²) in [6.45, 7) is 4.26. The van der Waals surface area contributed by atoms with Crippen molar-refractivity contribution in [2.45, 2.75) is 44.8 Å². The van der Waals surface area contributed by atoms with Gasteiger partial charge in [-0.15, -0.1) is 0 Å². The van der Waals surface area contributed by atoms with E-state index < -0.39 is 0 Å². The second-order valence-electron chi connectivity index (χ2n) is 7.72. The minimum atomic E-state index is -0.377. The largest absolute Gasteiger partial charge is 0.387 e. The number of benzene rings is 3. The van der Waals surface area contributed by atoms with Gasteiger partial charge in [0.1, 0.15) is 0 Å². The van der Waals surface area contributed by atoms with Crippen LogP contribution in [0.4, 0.5) is 0 Å². The summed E-state index contributed by atoms with van der Waals surface area (Å²) in [5.74, 6) is 0. The van der Waals surface area contributed by atoms with Gasteiger partial charge < -0.3 is 5.11 Å².